The zero-order valence-electron chi connectivity index (χ0n) is 10.5. The molecule has 1 aliphatic rings. The molecule has 1 heterocycles. The maximum atomic E-state index is 6.01. The summed E-state index contributed by atoms with van der Waals surface area (Å²) in [4.78, 5) is 4.62. The highest BCUT2D eigenvalue weighted by molar-refractivity contribution is 6.31. The largest absolute Gasteiger partial charge is 0.397 e. The van der Waals surface area contributed by atoms with E-state index in [1.54, 1.807) is 0 Å². The van der Waals surface area contributed by atoms with E-state index < -0.39 is 0 Å². The number of nitrogens with two attached hydrogens (primary N) is 1. The van der Waals surface area contributed by atoms with Crippen LogP contribution >= 0.6 is 11.6 Å². The summed E-state index contributed by atoms with van der Waals surface area (Å²) < 4.78 is 0. The van der Waals surface area contributed by atoms with Crippen molar-refractivity contribution in [2.45, 2.75) is 18.9 Å². The lowest BCUT2D eigenvalue weighted by molar-refractivity contribution is 0.314. The van der Waals surface area contributed by atoms with E-state index in [9.17, 15) is 0 Å². The highest BCUT2D eigenvalue weighted by Crippen LogP contribution is 2.27. The Labute approximate surface area is 108 Å². The molecule has 1 atom stereocenters. The molecule has 1 saturated heterocycles. The Morgan fingerprint density at radius 1 is 1.53 bits per heavy atom. The van der Waals surface area contributed by atoms with Crippen LogP contribution in [0, 0.1) is 0 Å². The molecule has 1 aromatic carbocycles. The predicted octanol–water partition coefficient (Wildman–Crippen LogP) is 2.45. The predicted molar refractivity (Wildman–Crippen MR) is 74.8 cm³/mol. The van der Waals surface area contributed by atoms with Gasteiger partial charge in [-0.1, -0.05) is 11.6 Å². The van der Waals surface area contributed by atoms with Gasteiger partial charge in [-0.05, 0) is 44.6 Å². The Kier molecular flexibility index (Phi) is 3.79. The van der Waals surface area contributed by atoms with Crippen LogP contribution in [0.25, 0.3) is 0 Å². The number of likely N-dealkylation sites (tertiary alicyclic amines) is 1. The Balaban J connectivity index is 2.08. The smallest absolute Gasteiger partial charge is 0.0612 e. The summed E-state index contributed by atoms with van der Waals surface area (Å²) in [7, 11) is 4.26. The third-order valence-corrected chi connectivity index (χ3v) is 3.79. The van der Waals surface area contributed by atoms with Gasteiger partial charge in [0.15, 0.2) is 0 Å². The van der Waals surface area contributed by atoms with E-state index in [2.05, 4.69) is 23.9 Å². The van der Waals surface area contributed by atoms with Gasteiger partial charge in [0.1, 0.15) is 0 Å². The van der Waals surface area contributed by atoms with Gasteiger partial charge < -0.3 is 15.5 Å². The minimum absolute atomic E-state index is 0.624. The van der Waals surface area contributed by atoms with Gasteiger partial charge in [-0.3, -0.25) is 0 Å². The third-order valence-electron chi connectivity index (χ3n) is 3.56. The van der Waals surface area contributed by atoms with Gasteiger partial charge in [-0.25, -0.2) is 0 Å². The minimum atomic E-state index is 0.624. The molecule has 4 heteroatoms. The topological polar surface area (TPSA) is 32.5 Å². The molecule has 0 amide bonds. The van der Waals surface area contributed by atoms with Crippen LogP contribution < -0.4 is 10.6 Å². The number of halogens is 1. The fourth-order valence-corrected chi connectivity index (χ4v) is 2.64. The van der Waals surface area contributed by atoms with E-state index in [4.69, 9.17) is 17.3 Å². The number of benzene rings is 1. The lowest BCUT2D eigenvalue weighted by atomic mass is 10.2. The fourth-order valence-electron chi connectivity index (χ4n) is 2.47. The molecule has 0 bridgehead atoms. The second kappa shape index (κ2) is 5.15. The SMILES string of the molecule is CN(CC1CCCN1C)c1cc(Cl)ccc1N. The number of rotatable bonds is 3. The van der Waals surface area contributed by atoms with E-state index in [-0.39, 0.29) is 0 Å². The lowest BCUT2D eigenvalue weighted by Crippen LogP contribution is -2.36. The van der Waals surface area contributed by atoms with Crippen molar-refractivity contribution in [3.05, 3.63) is 23.2 Å². The molecule has 0 aromatic heterocycles. The zero-order chi connectivity index (χ0) is 12.4. The van der Waals surface area contributed by atoms with Gasteiger partial charge in [-0.2, -0.15) is 0 Å². The van der Waals surface area contributed by atoms with Crippen molar-refractivity contribution in [1.29, 1.82) is 0 Å². The first-order valence-electron chi connectivity index (χ1n) is 6.04. The van der Waals surface area contributed by atoms with Crippen LogP contribution in [0.2, 0.25) is 5.02 Å². The Morgan fingerprint density at radius 2 is 2.29 bits per heavy atom. The number of hydrogen-bond donors (Lipinski definition) is 1. The van der Waals surface area contributed by atoms with Crippen LogP contribution in [0.4, 0.5) is 11.4 Å². The van der Waals surface area contributed by atoms with Crippen molar-refractivity contribution in [2.24, 2.45) is 0 Å². The van der Waals surface area contributed by atoms with Crippen molar-refractivity contribution >= 4 is 23.0 Å². The van der Waals surface area contributed by atoms with Crippen molar-refractivity contribution in [3.8, 4) is 0 Å². The van der Waals surface area contributed by atoms with Crippen LogP contribution in [-0.2, 0) is 0 Å². The van der Waals surface area contributed by atoms with Gasteiger partial charge in [0, 0.05) is 24.7 Å². The van der Waals surface area contributed by atoms with Crippen LogP contribution in [0.5, 0.6) is 0 Å². The zero-order valence-corrected chi connectivity index (χ0v) is 11.2. The monoisotopic (exact) mass is 253 g/mol. The summed E-state index contributed by atoms with van der Waals surface area (Å²) in [5, 5.41) is 0.737. The number of nitrogen functional groups attached to an aromatic ring is 1. The van der Waals surface area contributed by atoms with Crippen molar-refractivity contribution in [1.82, 2.24) is 4.90 Å². The second-order valence-corrected chi connectivity index (χ2v) is 5.30. The molecule has 1 aliphatic heterocycles. The number of nitrogens with zero attached hydrogens (tertiary/aromatic N) is 2. The van der Waals surface area contributed by atoms with E-state index in [1.807, 2.05) is 18.2 Å². The standard InChI is InChI=1S/C13H20ClN3/c1-16-7-3-4-11(16)9-17(2)13-8-10(14)5-6-12(13)15/h5-6,8,11H,3-4,7,9,15H2,1-2H3. The molecular formula is C13H20ClN3. The van der Waals surface area contributed by atoms with Crippen molar-refractivity contribution in [3.63, 3.8) is 0 Å². The Morgan fingerprint density at radius 3 is 2.94 bits per heavy atom. The summed E-state index contributed by atoms with van der Waals surface area (Å²) in [5.41, 5.74) is 7.80. The average molecular weight is 254 g/mol. The molecule has 3 nitrogen and oxygen atoms in total. The van der Waals surface area contributed by atoms with Gasteiger partial charge in [0.25, 0.3) is 0 Å². The quantitative estimate of drug-likeness (QED) is 0.840. The van der Waals surface area contributed by atoms with Crippen LogP contribution in [0.15, 0.2) is 18.2 Å². The molecule has 0 aliphatic carbocycles. The molecule has 1 unspecified atom stereocenters. The van der Waals surface area contributed by atoms with Crippen LogP contribution in [0.3, 0.4) is 0 Å². The summed E-state index contributed by atoms with van der Waals surface area (Å²) in [6, 6.07) is 6.26. The third kappa shape index (κ3) is 2.85. The van der Waals surface area contributed by atoms with Crippen LogP contribution in [-0.4, -0.2) is 38.1 Å². The normalized spacial score (nSPS) is 20.8. The summed E-state index contributed by atoms with van der Waals surface area (Å²) in [6.45, 7) is 2.20. The number of anilines is 2. The fraction of sp³-hybridized carbons (Fsp3) is 0.538. The first kappa shape index (κ1) is 12.5. The second-order valence-electron chi connectivity index (χ2n) is 4.86. The molecule has 94 valence electrons. The average Bonchev–Trinajstić information content (AvgIpc) is 2.68. The summed E-state index contributed by atoms with van der Waals surface area (Å²) >= 11 is 6.01. The molecule has 17 heavy (non-hydrogen) atoms. The van der Waals surface area contributed by atoms with E-state index in [0.717, 1.165) is 22.9 Å². The molecule has 1 fully saturated rings. The molecule has 2 rings (SSSR count). The van der Waals surface area contributed by atoms with Gasteiger partial charge in [0.2, 0.25) is 0 Å². The molecule has 0 radical (unpaired) electrons. The number of likely N-dealkylation sites (N-methyl/N-ethyl adjacent to an activating group) is 2. The molecule has 0 saturated carbocycles. The molecular weight excluding hydrogens is 234 g/mol. The molecule has 0 spiro atoms. The minimum Gasteiger partial charge on any atom is -0.397 e. The van der Waals surface area contributed by atoms with Gasteiger partial charge in [-0.15, -0.1) is 0 Å². The first-order chi connectivity index (χ1) is 8.08. The van der Waals surface area contributed by atoms with E-state index in [0.29, 0.717) is 6.04 Å². The van der Waals surface area contributed by atoms with E-state index >= 15 is 0 Å². The molecule has 2 N–H and O–H groups in total. The van der Waals surface area contributed by atoms with E-state index in [1.165, 1.54) is 19.4 Å². The highest BCUT2D eigenvalue weighted by atomic mass is 35.5. The maximum Gasteiger partial charge on any atom is 0.0612 e. The summed E-state index contributed by atoms with van der Waals surface area (Å²) in [6.07, 6.45) is 2.56. The summed E-state index contributed by atoms with van der Waals surface area (Å²) in [5.74, 6) is 0. The maximum absolute atomic E-state index is 6.01. The van der Waals surface area contributed by atoms with Crippen LogP contribution in [0.1, 0.15) is 12.8 Å². The highest BCUT2D eigenvalue weighted by Gasteiger charge is 2.22. The van der Waals surface area contributed by atoms with Gasteiger partial charge >= 0.3 is 0 Å². The first-order valence-corrected chi connectivity index (χ1v) is 6.42. The Bertz CT molecular complexity index is 394. The van der Waals surface area contributed by atoms with Crippen molar-refractivity contribution < 1.29 is 0 Å². The van der Waals surface area contributed by atoms with Gasteiger partial charge in [0.05, 0.1) is 11.4 Å². The Hall–Kier alpha value is -0.930. The number of hydrogen-bond acceptors (Lipinski definition) is 3. The van der Waals surface area contributed by atoms with Crippen molar-refractivity contribution in [2.75, 3.05) is 37.8 Å². The lowest BCUT2D eigenvalue weighted by Gasteiger charge is -2.28. The molecule has 1 aromatic rings.